The van der Waals surface area contributed by atoms with Crippen LogP contribution in [0.2, 0.25) is 0 Å². The van der Waals surface area contributed by atoms with E-state index in [1.807, 2.05) is 13.8 Å². The van der Waals surface area contributed by atoms with Gasteiger partial charge in [-0.3, -0.25) is 9.59 Å². The molecular weight excluding hydrogens is 216 g/mol. The average Bonchev–Trinajstić information content (AvgIpc) is 2.39. The van der Waals surface area contributed by atoms with E-state index >= 15 is 0 Å². The van der Waals surface area contributed by atoms with Crippen LogP contribution < -0.4 is 0 Å². The van der Waals surface area contributed by atoms with E-state index in [1.54, 1.807) is 26.0 Å². The highest BCUT2D eigenvalue weighted by molar-refractivity contribution is 6.03. The van der Waals surface area contributed by atoms with Gasteiger partial charge in [0, 0.05) is 5.41 Å². The van der Waals surface area contributed by atoms with E-state index in [9.17, 15) is 14.7 Å². The van der Waals surface area contributed by atoms with Crippen molar-refractivity contribution < 1.29 is 14.7 Å². The maximum absolute atomic E-state index is 11.7. The molecule has 0 saturated heterocycles. The van der Waals surface area contributed by atoms with Crippen molar-refractivity contribution >= 4 is 12.1 Å². The number of rotatable bonds is 3. The smallest absolute Gasteiger partial charge is 0.188 e. The molecule has 1 aliphatic rings. The summed E-state index contributed by atoms with van der Waals surface area (Å²) in [6, 6.07) is 0. The monoisotopic (exact) mass is 234 g/mol. The Morgan fingerprint density at radius 3 is 2.41 bits per heavy atom. The SMILES string of the molecule is CC(C=CC1=C(C)C(=O)C(O)C1(C)C)=CC=O. The van der Waals surface area contributed by atoms with E-state index in [-0.39, 0.29) is 5.78 Å². The van der Waals surface area contributed by atoms with Gasteiger partial charge in [-0.05, 0) is 36.6 Å². The summed E-state index contributed by atoms with van der Waals surface area (Å²) in [4.78, 5) is 22.0. The maximum atomic E-state index is 11.7. The van der Waals surface area contributed by atoms with Gasteiger partial charge in [-0.15, -0.1) is 0 Å². The van der Waals surface area contributed by atoms with Crippen LogP contribution in [-0.2, 0) is 9.59 Å². The topological polar surface area (TPSA) is 54.4 Å². The van der Waals surface area contributed by atoms with Crippen molar-refractivity contribution in [2.75, 3.05) is 0 Å². The number of aliphatic hydroxyl groups is 1. The number of hydrogen-bond donors (Lipinski definition) is 1. The second-order valence-electron chi connectivity index (χ2n) is 4.91. The minimum absolute atomic E-state index is 0.216. The lowest BCUT2D eigenvalue weighted by Crippen LogP contribution is -2.30. The van der Waals surface area contributed by atoms with Gasteiger partial charge in [0.2, 0.25) is 0 Å². The van der Waals surface area contributed by atoms with Crippen molar-refractivity contribution in [1.82, 2.24) is 0 Å². The molecular formula is C14H18O3. The Labute approximate surface area is 102 Å². The molecule has 0 radical (unpaired) electrons. The van der Waals surface area contributed by atoms with Crippen molar-refractivity contribution in [3.63, 3.8) is 0 Å². The Morgan fingerprint density at radius 1 is 1.41 bits per heavy atom. The molecule has 0 fully saturated rings. The maximum Gasteiger partial charge on any atom is 0.188 e. The Morgan fingerprint density at radius 2 is 2.00 bits per heavy atom. The fourth-order valence-electron chi connectivity index (χ4n) is 2.01. The Kier molecular flexibility index (Phi) is 3.83. The molecule has 1 atom stereocenters. The molecule has 0 aromatic carbocycles. The van der Waals surface area contributed by atoms with Crippen LogP contribution in [0.1, 0.15) is 27.7 Å². The van der Waals surface area contributed by atoms with E-state index in [0.717, 1.165) is 17.4 Å². The highest BCUT2D eigenvalue weighted by Gasteiger charge is 2.43. The fraction of sp³-hybridized carbons (Fsp3) is 0.429. The lowest BCUT2D eigenvalue weighted by Gasteiger charge is -2.24. The summed E-state index contributed by atoms with van der Waals surface area (Å²) in [5.74, 6) is -0.216. The largest absolute Gasteiger partial charge is 0.384 e. The van der Waals surface area contributed by atoms with Crippen molar-refractivity contribution in [1.29, 1.82) is 0 Å². The van der Waals surface area contributed by atoms with Crippen LogP contribution in [0.3, 0.4) is 0 Å². The van der Waals surface area contributed by atoms with Crippen LogP contribution in [0.15, 0.2) is 34.9 Å². The van der Waals surface area contributed by atoms with Crippen LogP contribution in [-0.4, -0.2) is 23.3 Å². The highest BCUT2D eigenvalue weighted by atomic mass is 16.3. The van der Waals surface area contributed by atoms with Crippen LogP contribution >= 0.6 is 0 Å². The van der Waals surface area contributed by atoms with Gasteiger partial charge in [0.15, 0.2) is 5.78 Å². The molecule has 17 heavy (non-hydrogen) atoms. The molecule has 3 nitrogen and oxygen atoms in total. The van der Waals surface area contributed by atoms with Gasteiger partial charge in [-0.25, -0.2) is 0 Å². The summed E-state index contributed by atoms with van der Waals surface area (Å²) in [7, 11) is 0. The third kappa shape index (κ3) is 2.44. The minimum atomic E-state index is -0.975. The number of ketones is 1. The molecule has 1 rings (SSSR count). The summed E-state index contributed by atoms with van der Waals surface area (Å²) in [6.45, 7) is 7.20. The first kappa shape index (κ1) is 13.6. The average molecular weight is 234 g/mol. The molecule has 0 amide bonds. The van der Waals surface area contributed by atoms with Crippen molar-refractivity contribution in [2.24, 2.45) is 5.41 Å². The van der Waals surface area contributed by atoms with E-state index in [2.05, 4.69) is 0 Å². The third-order valence-corrected chi connectivity index (χ3v) is 3.24. The van der Waals surface area contributed by atoms with Gasteiger partial charge in [0.1, 0.15) is 12.4 Å². The summed E-state index contributed by atoms with van der Waals surface area (Å²) >= 11 is 0. The van der Waals surface area contributed by atoms with E-state index in [4.69, 9.17) is 0 Å². The third-order valence-electron chi connectivity index (χ3n) is 3.24. The first-order chi connectivity index (χ1) is 7.82. The number of hydrogen-bond acceptors (Lipinski definition) is 3. The lowest BCUT2D eigenvalue weighted by atomic mass is 9.83. The predicted molar refractivity (Wildman–Crippen MR) is 66.5 cm³/mol. The summed E-state index contributed by atoms with van der Waals surface area (Å²) in [5.41, 5.74) is 1.66. The number of allylic oxidation sites excluding steroid dienone is 4. The van der Waals surface area contributed by atoms with Crippen LogP contribution in [0, 0.1) is 5.41 Å². The van der Waals surface area contributed by atoms with Gasteiger partial charge in [0.05, 0.1) is 0 Å². The zero-order valence-electron chi connectivity index (χ0n) is 10.7. The van der Waals surface area contributed by atoms with Crippen molar-refractivity contribution in [2.45, 2.75) is 33.8 Å². The second kappa shape index (κ2) is 4.80. The van der Waals surface area contributed by atoms with Gasteiger partial charge in [-0.2, -0.15) is 0 Å². The van der Waals surface area contributed by atoms with E-state index < -0.39 is 11.5 Å². The van der Waals surface area contributed by atoms with E-state index in [0.29, 0.717) is 5.57 Å². The van der Waals surface area contributed by atoms with Crippen LogP contribution in [0.5, 0.6) is 0 Å². The number of carbonyl (C=O) groups is 2. The Balaban J connectivity index is 3.09. The molecule has 1 aliphatic carbocycles. The standard InChI is InChI=1S/C14H18O3/c1-9(7-8-15)5-6-11-10(2)12(16)13(17)14(11,3)4/h5-8,13,17H,1-4H3. The van der Waals surface area contributed by atoms with Gasteiger partial charge in [-0.1, -0.05) is 26.0 Å². The zero-order valence-corrected chi connectivity index (χ0v) is 10.7. The molecule has 0 aromatic rings. The molecule has 0 heterocycles. The van der Waals surface area contributed by atoms with E-state index in [1.165, 1.54) is 6.08 Å². The van der Waals surface area contributed by atoms with Crippen LogP contribution in [0.4, 0.5) is 0 Å². The minimum Gasteiger partial charge on any atom is -0.384 e. The highest BCUT2D eigenvalue weighted by Crippen LogP contribution is 2.41. The quantitative estimate of drug-likeness (QED) is 0.461. The normalized spacial score (nSPS) is 24.9. The van der Waals surface area contributed by atoms with Gasteiger partial charge >= 0.3 is 0 Å². The second-order valence-corrected chi connectivity index (χ2v) is 4.91. The Hall–Kier alpha value is -1.48. The molecule has 0 aliphatic heterocycles. The fourth-order valence-corrected chi connectivity index (χ4v) is 2.01. The van der Waals surface area contributed by atoms with Crippen molar-refractivity contribution in [3.8, 4) is 0 Å². The number of aldehydes is 1. The molecule has 0 spiro atoms. The molecule has 3 heteroatoms. The molecule has 1 unspecified atom stereocenters. The first-order valence-corrected chi connectivity index (χ1v) is 5.56. The summed E-state index contributed by atoms with van der Waals surface area (Å²) < 4.78 is 0. The summed E-state index contributed by atoms with van der Waals surface area (Å²) in [5, 5.41) is 9.84. The predicted octanol–water partition coefficient (Wildman–Crippen LogP) is 1.97. The van der Waals surface area contributed by atoms with Crippen molar-refractivity contribution in [3.05, 3.63) is 34.9 Å². The number of Topliss-reactive ketones (excluding diaryl/α,β-unsaturated/α-hetero) is 1. The number of carbonyl (C=O) groups excluding carboxylic acids is 2. The zero-order chi connectivity index (χ0) is 13.2. The molecule has 0 bridgehead atoms. The first-order valence-electron chi connectivity index (χ1n) is 5.56. The van der Waals surface area contributed by atoms with Gasteiger partial charge in [0.25, 0.3) is 0 Å². The molecule has 0 aromatic heterocycles. The molecule has 92 valence electrons. The molecule has 0 saturated carbocycles. The number of aliphatic hydroxyl groups excluding tert-OH is 1. The summed E-state index contributed by atoms with van der Waals surface area (Å²) in [6.07, 6.45) is 4.78. The lowest BCUT2D eigenvalue weighted by molar-refractivity contribution is -0.125. The van der Waals surface area contributed by atoms with Gasteiger partial charge < -0.3 is 5.11 Å². The molecule has 1 N–H and O–H groups in total. The van der Waals surface area contributed by atoms with Crippen LogP contribution in [0.25, 0.3) is 0 Å². The Bertz CT molecular complexity index is 436.